The Morgan fingerprint density at radius 2 is 1.81 bits per heavy atom. The molecule has 0 radical (unpaired) electrons. The molecule has 0 bridgehead atoms. The maximum atomic E-state index is 6.06. The van der Waals surface area contributed by atoms with E-state index in [-0.39, 0.29) is 6.04 Å². The Bertz CT molecular complexity index is 580. The van der Waals surface area contributed by atoms with E-state index in [0.717, 1.165) is 24.3 Å². The van der Waals surface area contributed by atoms with E-state index in [2.05, 4.69) is 43.4 Å². The lowest BCUT2D eigenvalue weighted by molar-refractivity contribution is 0.404. The number of ether oxygens (including phenoxy) is 1. The molecule has 0 saturated carbocycles. The van der Waals surface area contributed by atoms with Gasteiger partial charge in [0.05, 0.1) is 13.2 Å². The van der Waals surface area contributed by atoms with Gasteiger partial charge in [0.2, 0.25) is 0 Å². The molecule has 0 aliphatic rings. The zero-order chi connectivity index (χ0) is 15.2. The minimum Gasteiger partial charge on any atom is -0.496 e. The number of benzene rings is 2. The standard InChI is InChI=1S/C18H22ClNO/c1-4-13-6-8-14(9-7-13)18(20-5-2)16-11-10-15(19)12-17(16)21-3/h6-12,18,20H,4-5H2,1-3H3. The SMILES string of the molecule is CCNC(c1ccc(CC)cc1)c1ccc(Cl)cc1OC. The van der Waals surface area contributed by atoms with Gasteiger partial charge in [0.15, 0.2) is 0 Å². The Hall–Kier alpha value is -1.51. The van der Waals surface area contributed by atoms with E-state index in [0.29, 0.717) is 5.02 Å². The molecule has 21 heavy (non-hydrogen) atoms. The predicted octanol–water partition coefficient (Wildman–Crippen LogP) is 4.61. The van der Waals surface area contributed by atoms with Crippen molar-refractivity contribution in [1.29, 1.82) is 0 Å². The molecule has 0 heterocycles. The van der Waals surface area contributed by atoms with Gasteiger partial charge in [0.25, 0.3) is 0 Å². The second-order valence-electron chi connectivity index (χ2n) is 4.97. The van der Waals surface area contributed by atoms with Crippen LogP contribution < -0.4 is 10.1 Å². The molecule has 1 unspecified atom stereocenters. The summed E-state index contributed by atoms with van der Waals surface area (Å²) in [4.78, 5) is 0. The molecular weight excluding hydrogens is 282 g/mol. The first-order chi connectivity index (χ1) is 10.2. The summed E-state index contributed by atoms with van der Waals surface area (Å²) in [5.41, 5.74) is 3.68. The Kier molecular flexibility index (Phi) is 5.66. The molecule has 0 spiro atoms. The molecule has 1 N–H and O–H groups in total. The lowest BCUT2D eigenvalue weighted by Gasteiger charge is -2.21. The molecule has 0 saturated heterocycles. The number of hydrogen-bond donors (Lipinski definition) is 1. The van der Waals surface area contributed by atoms with Crippen molar-refractivity contribution in [2.24, 2.45) is 0 Å². The summed E-state index contributed by atoms with van der Waals surface area (Å²) in [5, 5.41) is 4.21. The fourth-order valence-electron chi connectivity index (χ4n) is 2.48. The fourth-order valence-corrected chi connectivity index (χ4v) is 2.64. The van der Waals surface area contributed by atoms with Gasteiger partial charge in [-0.1, -0.05) is 55.8 Å². The van der Waals surface area contributed by atoms with Gasteiger partial charge in [-0.2, -0.15) is 0 Å². The molecule has 2 rings (SSSR count). The minimum absolute atomic E-state index is 0.105. The van der Waals surface area contributed by atoms with E-state index < -0.39 is 0 Å². The van der Waals surface area contributed by atoms with Crippen LogP contribution in [0.4, 0.5) is 0 Å². The van der Waals surface area contributed by atoms with E-state index in [1.54, 1.807) is 7.11 Å². The monoisotopic (exact) mass is 303 g/mol. The highest BCUT2D eigenvalue weighted by Crippen LogP contribution is 2.32. The van der Waals surface area contributed by atoms with Crippen LogP contribution in [0.1, 0.15) is 36.6 Å². The van der Waals surface area contributed by atoms with Crippen LogP contribution in [0.5, 0.6) is 5.75 Å². The second-order valence-corrected chi connectivity index (χ2v) is 5.41. The Balaban J connectivity index is 2.42. The third-order valence-electron chi connectivity index (χ3n) is 3.64. The van der Waals surface area contributed by atoms with Gasteiger partial charge in [0.1, 0.15) is 5.75 Å². The van der Waals surface area contributed by atoms with Crippen molar-refractivity contribution in [1.82, 2.24) is 5.32 Å². The van der Waals surface area contributed by atoms with Gasteiger partial charge in [0, 0.05) is 10.6 Å². The zero-order valence-corrected chi connectivity index (χ0v) is 13.6. The molecule has 0 fully saturated rings. The van der Waals surface area contributed by atoms with Crippen molar-refractivity contribution in [3.8, 4) is 5.75 Å². The highest BCUT2D eigenvalue weighted by molar-refractivity contribution is 6.30. The first-order valence-corrected chi connectivity index (χ1v) is 7.73. The largest absolute Gasteiger partial charge is 0.496 e. The molecule has 1 atom stereocenters. The Morgan fingerprint density at radius 1 is 1.10 bits per heavy atom. The molecule has 0 aromatic heterocycles. The molecule has 2 nitrogen and oxygen atoms in total. The van der Waals surface area contributed by atoms with Gasteiger partial charge in [-0.05, 0) is 36.2 Å². The predicted molar refractivity (Wildman–Crippen MR) is 89.3 cm³/mol. The number of nitrogens with one attached hydrogen (secondary N) is 1. The van der Waals surface area contributed by atoms with Crippen molar-refractivity contribution >= 4 is 11.6 Å². The number of rotatable bonds is 6. The summed E-state index contributed by atoms with van der Waals surface area (Å²) in [5.74, 6) is 0.813. The Morgan fingerprint density at radius 3 is 2.38 bits per heavy atom. The first-order valence-electron chi connectivity index (χ1n) is 7.35. The molecular formula is C18H22ClNO. The van der Waals surface area contributed by atoms with Crippen LogP contribution in [-0.4, -0.2) is 13.7 Å². The van der Waals surface area contributed by atoms with Crippen LogP contribution in [0.2, 0.25) is 5.02 Å². The number of halogens is 1. The normalized spacial score (nSPS) is 12.2. The van der Waals surface area contributed by atoms with Crippen LogP contribution in [0.25, 0.3) is 0 Å². The van der Waals surface area contributed by atoms with Crippen molar-refractivity contribution in [2.75, 3.05) is 13.7 Å². The summed E-state index contributed by atoms with van der Waals surface area (Å²) in [7, 11) is 1.68. The molecule has 112 valence electrons. The first kappa shape index (κ1) is 15.9. The smallest absolute Gasteiger partial charge is 0.125 e. The number of aryl methyl sites for hydroxylation is 1. The van der Waals surface area contributed by atoms with Crippen molar-refractivity contribution in [2.45, 2.75) is 26.3 Å². The molecule has 2 aromatic carbocycles. The van der Waals surface area contributed by atoms with Gasteiger partial charge in [-0.15, -0.1) is 0 Å². The van der Waals surface area contributed by atoms with Gasteiger partial charge >= 0.3 is 0 Å². The average molecular weight is 304 g/mol. The number of hydrogen-bond acceptors (Lipinski definition) is 2. The minimum atomic E-state index is 0.105. The van der Waals surface area contributed by atoms with Crippen LogP contribution in [0, 0.1) is 0 Å². The van der Waals surface area contributed by atoms with Crippen molar-refractivity contribution in [3.63, 3.8) is 0 Å². The van der Waals surface area contributed by atoms with Gasteiger partial charge in [-0.25, -0.2) is 0 Å². The van der Waals surface area contributed by atoms with E-state index in [9.17, 15) is 0 Å². The van der Waals surface area contributed by atoms with E-state index >= 15 is 0 Å². The quantitative estimate of drug-likeness (QED) is 0.841. The lowest BCUT2D eigenvalue weighted by atomic mass is 9.96. The zero-order valence-electron chi connectivity index (χ0n) is 12.8. The Labute approximate surface area is 132 Å². The molecule has 3 heteroatoms. The highest BCUT2D eigenvalue weighted by atomic mass is 35.5. The third kappa shape index (κ3) is 3.78. The molecule has 0 amide bonds. The van der Waals surface area contributed by atoms with E-state index in [1.807, 2.05) is 18.2 Å². The molecule has 0 aliphatic carbocycles. The number of methoxy groups -OCH3 is 1. The average Bonchev–Trinajstić information content (AvgIpc) is 2.53. The summed E-state index contributed by atoms with van der Waals surface area (Å²) in [6.07, 6.45) is 1.05. The van der Waals surface area contributed by atoms with Crippen molar-refractivity contribution < 1.29 is 4.74 Å². The van der Waals surface area contributed by atoms with Crippen molar-refractivity contribution in [3.05, 3.63) is 64.2 Å². The maximum absolute atomic E-state index is 6.06. The fraction of sp³-hybridized carbons (Fsp3) is 0.333. The van der Waals surface area contributed by atoms with Crippen LogP contribution in [-0.2, 0) is 6.42 Å². The lowest BCUT2D eigenvalue weighted by Crippen LogP contribution is -2.22. The molecule has 0 aliphatic heterocycles. The summed E-state index contributed by atoms with van der Waals surface area (Å²) in [6.45, 7) is 5.15. The highest BCUT2D eigenvalue weighted by Gasteiger charge is 2.17. The maximum Gasteiger partial charge on any atom is 0.125 e. The third-order valence-corrected chi connectivity index (χ3v) is 3.87. The van der Waals surface area contributed by atoms with E-state index in [4.69, 9.17) is 16.3 Å². The van der Waals surface area contributed by atoms with E-state index in [1.165, 1.54) is 11.1 Å². The summed E-state index contributed by atoms with van der Waals surface area (Å²) in [6, 6.07) is 14.6. The van der Waals surface area contributed by atoms with Crippen LogP contribution in [0.15, 0.2) is 42.5 Å². The van der Waals surface area contributed by atoms with Crippen LogP contribution in [0.3, 0.4) is 0 Å². The topological polar surface area (TPSA) is 21.3 Å². The second kappa shape index (κ2) is 7.48. The van der Waals surface area contributed by atoms with Gasteiger partial charge in [-0.3, -0.25) is 0 Å². The molecule has 2 aromatic rings. The van der Waals surface area contributed by atoms with Gasteiger partial charge < -0.3 is 10.1 Å². The van der Waals surface area contributed by atoms with Crippen LogP contribution >= 0.6 is 11.6 Å². The summed E-state index contributed by atoms with van der Waals surface area (Å²) < 4.78 is 5.50. The summed E-state index contributed by atoms with van der Waals surface area (Å²) >= 11 is 6.06.